The van der Waals surface area contributed by atoms with Crippen LogP contribution in [0.2, 0.25) is 0 Å². The molecule has 0 spiro atoms. The van der Waals surface area contributed by atoms with E-state index in [0.29, 0.717) is 6.04 Å². The average molecular weight is 255 g/mol. The Balaban J connectivity index is 1.88. The first kappa shape index (κ1) is 14.3. The molecule has 3 nitrogen and oxygen atoms in total. The van der Waals surface area contributed by atoms with Crippen molar-refractivity contribution < 1.29 is 9.47 Å². The summed E-state index contributed by atoms with van der Waals surface area (Å²) in [6, 6.07) is 0.479. The number of likely N-dealkylation sites (N-methyl/N-ethyl adjacent to an activating group) is 1. The molecule has 2 fully saturated rings. The van der Waals surface area contributed by atoms with E-state index in [1.807, 2.05) is 7.11 Å². The topological polar surface area (TPSA) is 30.5 Å². The Kier molecular flexibility index (Phi) is 5.46. The smallest absolute Gasteiger partial charge is 0.0874 e. The summed E-state index contributed by atoms with van der Waals surface area (Å²) in [5.41, 5.74) is 0.00556. The molecule has 2 aliphatic rings. The fourth-order valence-corrected chi connectivity index (χ4v) is 3.78. The van der Waals surface area contributed by atoms with Crippen LogP contribution in [0, 0.1) is 5.92 Å². The standard InChI is InChI=1S/C15H29NO2/c1-16-14(8-7-13-5-3-4-6-13)15(17-2)9-11-18-12-10-15/h13-14,16H,3-12H2,1-2H3. The molecule has 1 unspecified atom stereocenters. The van der Waals surface area contributed by atoms with E-state index in [0.717, 1.165) is 32.0 Å². The van der Waals surface area contributed by atoms with E-state index in [-0.39, 0.29) is 5.60 Å². The third kappa shape index (κ3) is 3.25. The van der Waals surface area contributed by atoms with Crippen LogP contribution in [0.4, 0.5) is 0 Å². The van der Waals surface area contributed by atoms with Gasteiger partial charge in [0.1, 0.15) is 0 Å². The van der Waals surface area contributed by atoms with Gasteiger partial charge < -0.3 is 14.8 Å². The summed E-state index contributed by atoms with van der Waals surface area (Å²) in [5.74, 6) is 0.967. The van der Waals surface area contributed by atoms with Crippen LogP contribution in [0.15, 0.2) is 0 Å². The molecule has 1 aliphatic carbocycles. The zero-order valence-corrected chi connectivity index (χ0v) is 12.0. The fourth-order valence-electron chi connectivity index (χ4n) is 3.78. The molecule has 0 aromatic heterocycles. The first-order valence-electron chi connectivity index (χ1n) is 7.61. The van der Waals surface area contributed by atoms with Crippen molar-refractivity contribution in [2.75, 3.05) is 27.4 Å². The summed E-state index contributed by atoms with van der Waals surface area (Å²) in [4.78, 5) is 0. The largest absolute Gasteiger partial charge is 0.381 e. The third-order valence-corrected chi connectivity index (χ3v) is 5.07. The van der Waals surface area contributed by atoms with Gasteiger partial charge in [0.05, 0.1) is 5.60 Å². The van der Waals surface area contributed by atoms with Gasteiger partial charge in [0, 0.05) is 39.2 Å². The van der Waals surface area contributed by atoms with Crippen LogP contribution in [0.1, 0.15) is 51.4 Å². The second-order valence-electron chi connectivity index (χ2n) is 5.95. The number of ether oxygens (including phenoxy) is 2. The molecule has 0 bridgehead atoms. The predicted molar refractivity (Wildman–Crippen MR) is 73.8 cm³/mol. The van der Waals surface area contributed by atoms with Crippen LogP contribution in [0.25, 0.3) is 0 Å². The second kappa shape index (κ2) is 6.88. The van der Waals surface area contributed by atoms with Crippen molar-refractivity contribution in [3.05, 3.63) is 0 Å². The minimum absolute atomic E-state index is 0.00556. The number of hydrogen-bond donors (Lipinski definition) is 1. The van der Waals surface area contributed by atoms with Crippen molar-refractivity contribution in [1.29, 1.82) is 0 Å². The molecule has 1 saturated heterocycles. The molecule has 0 amide bonds. The van der Waals surface area contributed by atoms with Gasteiger partial charge in [-0.05, 0) is 25.8 Å². The van der Waals surface area contributed by atoms with Crippen LogP contribution in [-0.2, 0) is 9.47 Å². The van der Waals surface area contributed by atoms with E-state index in [1.165, 1.54) is 38.5 Å². The van der Waals surface area contributed by atoms with Crippen LogP contribution in [0.3, 0.4) is 0 Å². The highest BCUT2D eigenvalue weighted by molar-refractivity contribution is 4.94. The van der Waals surface area contributed by atoms with Gasteiger partial charge in [-0.2, -0.15) is 0 Å². The summed E-state index contributed by atoms with van der Waals surface area (Å²) in [5, 5.41) is 3.51. The summed E-state index contributed by atoms with van der Waals surface area (Å²) in [7, 11) is 3.95. The Labute approximate surface area is 112 Å². The van der Waals surface area contributed by atoms with Gasteiger partial charge in [-0.3, -0.25) is 0 Å². The van der Waals surface area contributed by atoms with Gasteiger partial charge in [-0.1, -0.05) is 25.7 Å². The number of hydrogen-bond acceptors (Lipinski definition) is 3. The lowest BCUT2D eigenvalue weighted by Gasteiger charge is -2.42. The minimum Gasteiger partial charge on any atom is -0.381 e. The van der Waals surface area contributed by atoms with Crippen molar-refractivity contribution in [1.82, 2.24) is 5.32 Å². The molecule has 1 aliphatic heterocycles. The number of rotatable bonds is 6. The van der Waals surface area contributed by atoms with E-state index in [9.17, 15) is 0 Å². The molecule has 2 rings (SSSR count). The second-order valence-corrected chi connectivity index (χ2v) is 5.95. The molecule has 0 aromatic rings. The molecule has 0 radical (unpaired) electrons. The van der Waals surface area contributed by atoms with E-state index < -0.39 is 0 Å². The lowest BCUT2D eigenvalue weighted by molar-refractivity contribution is -0.111. The maximum absolute atomic E-state index is 5.90. The molecule has 18 heavy (non-hydrogen) atoms. The van der Waals surface area contributed by atoms with Crippen molar-refractivity contribution in [3.63, 3.8) is 0 Å². The highest BCUT2D eigenvalue weighted by atomic mass is 16.5. The van der Waals surface area contributed by atoms with Crippen LogP contribution >= 0.6 is 0 Å². The van der Waals surface area contributed by atoms with Crippen LogP contribution < -0.4 is 5.32 Å². The maximum Gasteiger partial charge on any atom is 0.0874 e. The Morgan fingerprint density at radius 2 is 1.94 bits per heavy atom. The Morgan fingerprint density at radius 3 is 2.50 bits per heavy atom. The van der Waals surface area contributed by atoms with Gasteiger partial charge in [0.15, 0.2) is 0 Å². The Hall–Kier alpha value is -0.120. The van der Waals surface area contributed by atoms with E-state index in [1.54, 1.807) is 0 Å². The number of nitrogens with one attached hydrogen (secondary N) is 1. The fraction of sp³-hybridized carbons (Fsp3) is 1.00. The molecular formula is C15H29NO2. The van der Waals surface area contributed by atoms with Gasteiger partial charge in [0.25, 0.3) is 0 Å². The molecule has 1 heterocycles. The predicted octanol–water partition coefficient (Wildman–Crippen LogP) is 2.74. The maximum atomic E-state index is 5.90. The highest BCUT2D eigenvalue weighted by Gasteiger charge is 2.39. The molecule has 0 aromatic carbocycles. The zero-order chi connectivity index (χ0) is 12.8. The molecular weight excluding hydrogens is 226 g/mol. The Morgan fingerprint density at radius 1 is 1.28 bits per heavy atom. The van der Waals surface area contributed by atoms with E-state index in [2.05, 4.69) is 12.4 Å². The van der Waals surface area contributed by atoms with E-state index >= 15 is 0 Å². The van der Waals surface area contributed by atoms with Crippen molar-refractivity contribution in [3.8, 4) is 0 Å². The van der Waals surface area contributed by atoms with Crippen molar-refractivity contribution >= 4 is 0 Å². The lowest BCUT2D eigenvalue weighted by atomic mass is 9.82. The zero-order valence-electron chi connectivity index (χ0n) is 12.0. The molecule has 1 saturated carbocycles. The van der Waals surface area contributed by atoms with Gasteiger partial charge in [0.2, 0.25) is 0 Å². The number of methoxy groups -OCH3 is 1. The summed E-state index contributed by atoms with van der Waals surface area (Å²) >= 11 is 0. The van der Waals surface area contributed by atoms with E-state index in [4.69, 9.17) is 9.47 Å². The molecule has 106 valence electrons. The molecule has 3 heteroatoms. The lowest BCUT2D eigenvalue weighted by Crippen LogP contribution is -2.54. The van der Waals surface area contributed by atoms with Crippen molar-refractivity contribution in [2.45, 2.75) is 63.0 Å². The van der Waals surface area contributed by atoms with Crippen LogP contribution in [0.5, 0.6) is 0 Å². The average Bonchev–Trinajstić information content (AvgIpc) is 2.93. The Bertz CT molecular complexity index is 233. The monoisotopic (exact) mass is 255 g/mol. The first-order valence-corrected chi connectivity index (χ1v) is 7.61. The van der Waals surface area contributed by atoms with Gasteiger partial charge in [-0.15, -0.1) is 0 Å². The van der Waals surface area contributed by atoms with Gasteiger partial charge >= 0.3 is 0 Å². The third-order valence-electron chi connectivity index (χ3n) is 5.07. The quantitative estimate of drug-likeness (QED) is 0.791. The van der Waals surface area contributed by atoms with Crippen LogP contribution in [-0.4, -0.2) is 39.0 Å². The molecule has 1 atom stereocenters. The summed E-state index contributed by atoms with van der Waals surface area (Å²) < 4.78 is 11.4. The van der Waals surface area contributed by atoms with Crippen molar-refractivity contribution in [2.24, 2.45) is 5.92 Å². The minimum atomic E-state index is 0.00556. The first-order chi connectivity index (χ1) is 8.80. The SMILES string of the molecule is CNC(CCC1CCCC1)C1(OC)CCOCC1. The van der Waals surface area contributed by atoms with Gasteiger partial charge in [-0.25, -0.2) is 0 Å². The highest BCUT2D eigenvalue weighted by Crippen LogP contribution is 2.34. The summed E-state index contributed by atoms with van der Waals surface area (Å²) in [6.45, 7) is 1.69. The summed E-state index contributed by atoms with van der Waals surface area (Å²) in [6.07, 6.45) is 10.4. The normalized spacial score (nSPS) is 26.3. The molecule has 1 N–H and O–H groups in total.